The van der Waals surface area contributed by atoms with Gasteiger partial charge in [0.05, 0.1) is 0 Å². The van der Waals surface area contributed by atoms with Crippen LogP contribution in [0.2, 0.25) is 0 Å². The van der Waals surface area contributed by atoms with Gasteiger partial charge < -0.3 is 15.0 Å². The molecule has 1 aromatic carbocycles. The third-order valence-corrected chi connectivity index (χ3v) is 3.90. The normalized spacial score (nSPS) is 20.5. The minimum absolute atomic E-state index is 0.407. The van der Waals surface area contributed by atoms with Gasteiger partial charge in [-0.1, -0.05) is 6.07 Å². The van der Waals surface area contributed by atoms with Crippen LogP contribution in [0.15, 0.2) is 18.2 Å². The number of piperazine rings is 1. The second-order valence-electron chi connectivity index (χ2n) is 5.67. The second-order valence-corrected chi connectivity index (χ2v) is 5.67. The topological polar surface area (TPSA) is 27.7 Å². The summed E-state index contributed by atoms with van der Waals surface area (Å²) in [5.41, 5.74) is 0.700. The van der Waals surface area contributed by atoms with Crippen LogP contribution in [0.1, 0.15) is 5.56 Å². The fourth-order valence-corrected chi connectivity index (χ4v) is 2.55. The molecular formula is C15H22F3N3O. The Morgan fingerprint density at radius 2 is 2.09 bits per heavy atom. The third-order valence-electron chi connectivity index (χ3n) is 3.90. The van der Waals surface area contributed by atoms with E-state index in [-0.39, 0.29) is 0 Å². The third kappa shape index (κ3) is 4.86. The first-order valence-corrected chi connectivity index (χ1v) is 7.28. The van der Waals surface area contributed by atoms with Crippen LogP contribution in [-0.4, -0.2) is 62.7 Å². The minimum Gasteiger partial charge on any atom is -0.432 e. The van der Waals surface area contributed by atoms with Crippen LogP contribution >= 0.6 is 0 Å². The van der Waals surface area contributed by atoms with Crippen LogP contribution in [0.3, 0.4) is 0 Å². The molecular weight excluding hydrogens is 295 g/mol. The van der Waals surface area contributed by atoms with Gasteiger partial charge in [0.1, 0.15) is 0 Å². The molecule has 0 saturated carbocycles. The number of ether oxygens (including phenoxy) is 1. The van der Waals surface area contributed by atoms with Gasteiger partial charge in [0.25, 0.3) is 0 Å². The average Bonchev–Trinajstić information content (AvgIpc) is 2.45. The number of hydrogen-bond acceptors (Lipinski definition) is 4. The molecule has 22 heavy (non-hydrogen) atoms. The van der Waals surface area contributed by atoms with E-state index in [0.29, 0.717) is 18.2 Å². The molecule has 0 unspecified atom stereocenters. The summed E-state index contributed by atoms with van der Waals surface area (Å²) in [4.78, 5) is 4.58. The van der Waals surface area contributed by atoms with Crippen LogP contribution in [-0.2, 0) is 6.54 Å². The van der Waals surface area contributed by atoms with Gasteiger partial charge in [-0.3, -0.25) is 4.90 Å². The molecule has 7 heteroatoms. The number of benzene rings is 1. The van der Waals surface area contributed by atoms with E-state index in [9.17, 15) is 13.2 Å². The Balaban J connectivity index is 1.83. The van der Waals surface area contributed by atoms with Gasteiger partial charge in [-0.2, -0.15) is 8.78 Å². The second kappa shape index (κ2) is 7.80. The summed E-state index contributed by atoms with van der Waals surface area (Å²) in [7, 11) is 4.19. The molecule has 4 nitrogen and oxygen atoms in total. The summed E-state index contributed by atoms with van der Waals surface area (Å²) < 4.78 is 41.8. The van der Waals surface area contributed by atoms with Gasteiger partial charge in [0.15, 0.2) is 11.6 Å². The van der Waals surface area contributed by atoms with Crippen molar-refractivity contribution in [2.45, 2.75) is 19.2 Å². The van der Waals surface area contributed by atoms with Gasteiger partial charge in [0, 0.05) is 38.8 Å². The molecule has 1 atom stereocenters. The van der Waals surface area contributed by atoms with Crippen LogP contribution in [0.25, 0.3) is 0 Å². The zero-order valence-corrected chi connectivity index (χ0v) is 12.9. The van der Waals surface area contributed by atoms with Gasteiger partial charge in [-0.05, 0) is 31.8 Å². The van der Waals surface area contributed by atoms with Crippen molar-refractivity contribution in [1.82, 2.24) is 15.1 Å². The fourth-order valence-electron chi connectivity index (χ4n) is 2.55. The van der Waals surface area contributed by atoms with E-state index in [1.165, 1.54) is 12.1 Å². The zero-order chi connectivity index (χ0) is 16.1. The maximum atomic E-state index is 13.6. The molecule has 1 saturated heterocycles. The minimum atomic E-state index is -3.02. The molecule has 1 heterocycles. The van der Waals surface area contributed by atoms with E-state index in [1.54, 1.807) is 6.07 Å². The molecule has 0 aliphatic carbocycles. The molecule has 2 rings (SSSR count). The van der Waals surface area contributed by atoms with E-state index < -0.39 is 18.2 Å². The van der Waals surface area contributed by atoms with E-state index in [4.69, 9.17) is 0 Å². The maximum Gasteiger partial charge on any atom is 0.387 e. The van der Waals surface area contributed by atoms with E-state index in [0.717, 1.165) is 26.2 Å². The quantitative estimate of drug-likeness (QED) is 0.865. The fraction of sp³-hybridized carbons (Fsp3) is 0.600. The molecule has 0 amide bonds. The van der Waals surface area contributed by atoms with Crippen molar-refractivity contribution in [2.75, 3.05) is 40.3 Å². The Hall–Kier alpha value is -1.31. The van der Waals surface area contributed by atoms with Gasteiger partial charge in [-0.25, -0.2) is 4.39 Å². The number of nitrogens with zero attached hydrogens (tertiary/aromatic N) is 2. The zero-order valence-electron chi connectivity index (χ0n) is 12.9. The number of rotatable bonds is 6. The highest BCUT2D eigenvalue weighted by molar-refractivity contribution is 5.29. The van der Waals surface area contributed by atoms with Crippen molar-refractivity contribution in [2.24, 2.45) is 0 Å². The van der Waals surface area contributed by atoms with Crippen molar-refractivity contribution in [3.05, 3.63) is 29.6 Å². The van der Waals surface area contributed by atoms with Crippen molar-refractivity contribution < 1.29 is 17.9 Å². The van der Waals surface area contributed by atoms with Gasteiger partial charge in [0.2, 0.25) is 0 Å². The van der Waals surface area contributed by atoms with Crippen LogP contribution < -0.4 is 10.1 Å². The van der Waals surface area contributed by atoms with Crippen molar-refractivity contribution in [3.8, 4) is 5.75 Å². The van der Waals surface area contributed by atoms with Crippen LogP contribution in [0, 0.1) is 5.82 Å². The summed E-state index contributed by atoms with van der Waals surface area (Å²) >= 11 is 0. The Morgan fingerprint density at radius 1 is 1.32 bits per heavy atom. The highest BCUT2D eigenvalue weighted by Gasteiger charge is 2.21. The summed E-state index contributed by atoms with van der Waals surface area (Å²) in [5.74, 6) is -1.19. The Bertz CT molecular complexity index is 487. The molecule has 1 N–H and O–H groups in total. The number of likely N-dealkylation sites (N-methyl/N-ethyl adjacent to an activating group) is 2. The molecule has 0 aromatic heterocycles. The first-order chi connectivity index (χ1) is 10.5. The standard InChI is InChI=1S/C15H22F3N3O/c1-20-5-6-21(2)12(10-20)9-19-8-11-3-4-14(13(16)7-11)22-15(17)18/h3-4,7,12,15,19H,5-6,8-10H2,1-2H3/t12-/m1/s1. The molecule has 1 aliphatic heterocycles. The molecule has 0 radical (unpaired) electrons. The van der Waals surface area contributed by atoms with Crippen molar-refractivity contribution >= 4 is 0 Å². The lowest BCUT2D eigenvalue weighted by Crippen LogP contribution is -2.53. The number of hydrogen-bond donors (Lipinski definition) is 1. The lowest BCUT2D eigenvalue weighted by Gasteiger charge is -2.37. The number of halogens is 3. The summed E-state index contributed by atoms with van der Waals surface area (Å²) in [6.07, 6.45) is 0. The molecule has 1 aromatic rings. The van der Waals surface area contributed by atoms with E-state index in [1.807, 2.05) is 0 Å². The lowest BCUT2D eigenvalue weighted by atomic mass is 10.1. The lowest BCUT2D eigenvalue weighted by molar-refractivity contribution is -0.0522. The predicted molar refractivity (Wildman–Crippen MR) is 78.7 cm³/mol. The Labute approximate surface area is 128 Å². The Morgan fingerprint density at radius 3 is 2.77 bits per heavy atom. The average molecular weight is 317 g/mol. The van der Waals surface area contributed by atoms with E-state index in [2.05, 4.69) is 33.9 Å². The smallest absolute Gasteiger partial charge is 0.387 e. The maximum absolute atomic E-state index is 13.6. The van der Waals surface area contributed by atoms with Crippen molar-refractivity contribution in [3.63, 3.8) is 0 Å². The first-order valence-electron chi connectivity index (χ1n) is 7.28. The van der Waals surface area contributed by atoms with E-state index >= 15 is 0 Å². The highest BCUT2D eigenvalue weighted by Crippen LogP contribution is 2.20. The van der Waals surface area contributed by atoms with Crippen LogP contribution in [0.4, 0.5) is 13.2 Å². The van der Waals surface area contributed by atoms with Gasteiger partial charge >= 0.3 is 6.61 Å². The first kappa shape index (κ1) is 17.1. The summed E-state index contributed by atoms with van der Waals surface area (Å²) in [6.45, 7) is 1.33. The number of alkyl halides is 2. The van der Waals surface area contributed by atoms with Crippen LogP contribution in [0.5, 0.6) is 5.75 Å². The molecule has 0 bridgehead atoms. The summed E-state index contributed by atoms with van der Waals surface area (Å²) in [5, 5.41) is 3.29. The Kier molecular flexibility index (Phi) is 6.05. The molecule has 1 aliphatic rings. The van der Waals surface area contributed by atoms with Gasteiger partial charge in [-0.15, -0.1) is 0 Å². The monoisotopic (exact) mass is 317 g/mol. The highest BCUT2D eigenvalue weighted by atomic mass is 19.3. The predicted octanol–water partition coefficient (Wildman–Crippen LogP) is 1.76. The molecule has 124 valence electrons. The summed E-state index contributed by atoms with van der Waals surface area (Å²) in [6, 6.07) is 4.45. The molecule has 0 spiro atoms. The molecule has 1 fully saturated rings. The number of nitrogens with one attached hydrogen (secondary N) is 1. The van der Waals surface area contributed by atoms with Crippen molar-refractivity contribution in [1.29, 1.82) is 0 Å². The SMILES string of the molecule is CN1CCN(C)[C@H](CNCc2ccc(OC(F)F)c(F)c2)C1. The largest absolute Gasteiger partial charge is 0.432 e.